The molecule has 0 unspecified atom stereocenters. The summed E-state index contributed by atoms with van der Waals surface area (Å²) in [5, 5.41) is 10.9. The van der Waals surface area contributed by atoms with E-state index in [1.165, 1.54) is 26.1 Å². The molecule has 1 aliphatic rings. The second-order valence-electron chi connectivity index (χ2n) is 16.2. The first-order valence-corrected chi connectivity index (χ1v) is 23.3. The third-order valence-corrected chi connectivity index (χ3v) is 17.8. The number of rotatable bonds is 6. The molecule has 12 aromatic rings. The Morgan fingerprint density at radius 2 is 1.14 bits per heavy atom. The number of hydrogen-bond donors (Lipinski definition) is 0. The van der Waals surface area contributed by atoms with Crippen LogP contribution in [0.2, 0.25) is 0 Å². The van der Waals surface area contributed by atoms with Gasteiger partial charge in [-0.2, -0.15) is 0 Å². The first-order chi connectivity index (χ1) is 31.3. The lowest BCUT2D eigenvalue weighted by Crippen LogP contribution is -2.77. The van der Waals surface area contributed by atoms with Crippen molar-refractivity contribution in [1.29, 1.82) is 0 Å². The molecule has 0 saturated heterocycles. The SMILES string of the molecule is c1ccc(-n2c3ccccc3c3c4c(cc(Oc5ccc6c7ccccc7n7ccnc7c6c5)c32)N(c2ccccn2)c2ccccc2[Si]4(c2ccccc2)c2ccccc2)cc1. The highest BCUT2D eigenvalue weighted by molar-refractivity contribution is 7.22. The summed E-state index contributed by atoms with van der Waals surface area (Å²) in [6.45, 7) is 0. The number of ether oxygens (including phenoxy) is 1. The van der Waals surface area contributed by atoms with Crippen LogP contribution in [0.15, 0.2) is 225 Å². The van der Waals surface area contributed by atoms with Gasteiger partial charge in [-0.3, -0.25) is 9.30 Å². The third-order valence-electron chi connectivity index (χ3n) is 12.9. The molecule has 5 heterocycles. The van der Waals surface area contributed by atoms with Gasteiger partial charge in [-0.05, 0) is 86.8 Å². The van der Waals surface area contributed by atoms with Crippen molar-refractivity contribution in [3.05, 3.63) is 225 Å². The Morgan fingerprint density at radius 3 is 1.90 bits per heavy atom. The van der Waals surface area contributed by atoms with E-state index in [9.17, 15) is 0 Å². The van der Waals surface area contributed by atoms with Crippen LogP contribution in [0.1, 0.15) is 0 Å². The van der Waals surface area contributed by atoms with Crippen LogP contribution in [-0.2, 0) is 0 Å². The van der Waals surface area contributed by atoms with Crippen LogP contribution < -0.4 is 30.4 Å². The molecular formula is C56H37N5OSi. The van der Waals surface area contributed by atoms with Crippen LogP contribution in [0.4, 0.5) is 17.2 Å². The van der Waals surface area contributed by atoms with Gasteiger partial charge in [0.2, 0.25) is 0 Å². The number of imidazole rings is 1. The highest BCUT2D eigenvalue weighted by atomic mass is 28.3. The number of para-hydroxylation sites is 4. The van der Waals surface area contributed by atoms with E-state index in [0.717, 1.165) is 78.1 Å². The van der Waals surface area contributed by atoms with Crippen LogP contribution in [-0.4, -0.2) is 27.0 Å². The topological polar surface area (TPSA) is 47.6 Å². The molecule has 0 saturated carbocycles. The summed E-state index contributed by atoms with van der Waals surface area (Å²) in [7, 11) is -3.17. The van der Waals surface area contributed by atoms with Gasteiger partial charge in [0.05, 0.1) is 22.2 Å². The predicted molar refractivity (Wildman–Crippen MR) is 261 cm³/mol. The van der Waals surface area contributed by atoms with Gasteiger partial charge in [0, 0.05) is 57.6 Å². The second kappa shape index (κ2) is 13.9. The Morgan fingerprint density at radius 1 is 0.476 bits per heavy atom. The summed E-state index contributed by atoms with van der Waals surface area (Å²) in [6.07, 6.45) is 5.80. The van der Waals surface area contributed by atoms with Gasteiger partial charge in [-0.15, -0.1) is 0 Å². The Labute approximate surface area is 364 Å². The highest BCUT2D eigenvalue weighted by Gasteiger charge is 2.51. The molecule has 63 heavy (non-hydrogen) atoms. The molecule has 0 bridgehead atoms. The molecule has 296 valence electrons. The van der Waals surface area contributed by atoms with Gasteiger partial charge in [-0.25, -0.2) is 9.97 Å². The first kappa shape index (κ1) is 35.5. The number of pyridine rings is 2. The van der Waals surface area contributed by atoms with E-state index in [-0.39, 0.29) is 0 Å². The molecule has 0 radical (unpaired) electrons. The number of hydrogen-bond acceptors (Lipinski definition) is 4. The largest absolute Gasteiger partial charge is 0.455 e. The minimum Gasteiger partial charge on any atom is -0.455 e. The lowest BCUT2D eigenvalue weighted by molar-refractivity contribution is 0.487. The molecule has 0 fully saturated rings. The molecule has 0 amide bonds. The van der Waals surface area contributed by atoms with Gasteiger partial charge in [0.15, 0.2) is 13.8 Å². The van der Waals surface area contributed by atoms with Gasteiger partial charge >= 0.3 is 0 Å². The fraction of sp³-hybridized carbons (Fsp3) is 0. The maximum atomic E-state index is 7.46. The van der Waals surface area contributed by atoms with Crippen molar-refractivity contribution in [1.82, 2.24) is 18.9 Å². The van der Waals surface area contributed by atoms with E-state index in [4.69, 9.17) is 14.7 Å². The van der Waals surface area contributed by atoms with E-state index in [2.05, 4.69) is 214 Å². The molecule has 4 aromatic heterocycles. The summed E-state index contributed by atoms with van der Waals surface area (Å²) in [4.78, 5) is 12.3. The number of aromatic nitrogens is 4. The van der Waals surface area contributed by atoms with Crippen molar-refractivity contribution in [3.63, 3.8) is 0 Å². The summed E-state index contributed by atoms with van der Waals surface area (Å²) in [5.41, 5.74) is 7.34. The fourth-order valence-electron chi connectivity index (χ4n) is 10.5. The van der Waals surface area contributed by atoms with Crippen LogP contribution >= 0.6 is 0 Å². The Hall–Kier alpha value is -8.26. The van der Waals surface area contributed by atoms with E-state index in [1.54, 1.807) is 0 Å². The molecule has 0 aliphatic carbocycles. The normalized spacial score (nSPS) is 13.2. The molecule has 13 rings (SSSR count). The van der Waals surface area contributed by atoms with Crippen LogP contribution in [0, 0.1) is 0 Å². The van der Waals surface area contributed by atoms with Gasteiger partial charge in [0.25, 0.3) is 0 Å². The van der Waals surface area contributed by atoms with E-state index in [1.807, 2.05) is 24.7 Å². The monoisotopic (exact) mass is 823 g/mol. The minimum atomic E-state index is -3.17. The number of benzene rings is 8. The fourth-order valence-corrected chi connectivity index (χ4v) is 15.8. The van der Waals surface area contributed by atoms with E-state index in [0.29, 0.717) is 0 Å². The van der Waals surface area contributed by atoms with Gasteiger partial charge in [-0.1, -0.05) is 140 Å². The third kappa shape index (κ3) is 5.11. The molecule has 6 nitrogen and oxygen atoms in total. The van der Waals surface area contributed by atoms with E-state index >= 15 is 0 Å². The average molecular weight is 824 g/mol. The van der Waals surface area contributed by atoms with Crippen molar-refractivity contribution < 1.29 is 4.74 Å². The van der Waals surface area contributed by atoms with Crippen molar-refractivity contribution >= 4 is 95.1 Å². The van der Waals surface area contributed by atoms with Crippen LogP contribution in [0.3, 0.4) is 0 Å². The second-order valence-corrected chi connectivity index (χ2v) is 19.8. The maximum absolute atomic E-state index is 7.46. The van der Waals surface area contributed by atoms with Gasteiger partial charge < -0.3 is 9.30 Å². The van der Waals surface area contributed by atoms with Crippen molar-refractivity contribution in [2.24, 2.45) is 0 Å². The smallest absolute Gasteiger partial charge is 0.184 e. The average Bonchev–Trinajstić information content (AvgIpc) is 3.99. The van der Waals surface area contributed by atoms with Crippen molar-refractivity contribution in [3.8, 4) is 17.2 Å². The lowest BCUT2D eigenvalue weighted by Gasteiger charge is -2.45. The van der Waals surface area contributed by atoms with Gasteiger partial charge in [0.1, 0.15) is 17.2 Å². The molecule has 7 heteroatoms. The zero-order valence-corrected chi connectivity index (χ0v) is 35.0. The molecule has 8 aromatic carbocycles. The molecule has 0 atom stereocenters. The van der Waals surface area contributed by atoms with Crippen LogP contribution in [0.5, 0.6) is 11.5 Å². The summed E-state index contributed by atoms with van der Waals surface area (Å²) >= 11 is 0. The quantitative estimate of drug-likeness (QED) is 0.124. The highest BCUT2D eigenvalue weighted by Crippen LogP contribution is 2.47. The zero-order valence-electron chi connectivity index (χ0n) is 34.0. The lowest BCUT2D eigenvalue weighted by atomic mass is 10.1. The summed E-state index contributed by atoms with van der Waals surface area (Å²) < 4.78 is 12.0. The minimum absolute atomic E-state index is 0.726. The Balaban J connectivity index is 1.21. The molecule has 0 N–H and O–H groups in total. The van der Waals surface area contributed by atoms with Crippen molar-refractivity contribution in [2.45, 2.75) is 0 Å². The Bertz CT molecular complexity index is 3680. The number of fused-ring (bicyclic) bond motifs is 12. The van der Waals surface area contributed by atoms with E-state index < -0.39 is 8.07 Å². The molecule has 1 aliphatic heterocycles. The molecule has 0 spiro atoms. The number of anilines is 3. The standard InChI is InChI=1S/C56H37N5OSi/c1-4-18-38(19-5-1)60-47-27-13-11-25-44(47)53-54(60)50(62-39-31-32-42-43-24-10-12-26-46(43)59-35-34-58-56(59)45(42)36-39)37-49-55(53)63(40-20-6-2-7-21-40,41-22-8-3-9-23-41)51-29-15-14-28-48(51)61(49)52-30-16-17-33-57-52/h1-37H. The Kier molecular flexibility index (Phi) is 7.82. The predicted octanol–water partition coefficient (Wildman–Crippen LogP) is 11.1. The zero-order chi connectivity index (χ0) is 41.5. The number of nitrogens with zero attached hydrogens (tertiary/aromatic N) is 5. The van der Waals surface area contributed by atoms with Crippen molar-refractivity contribution in [2.75, 3.05) is 4.90 Å². The summed E-state index contributed by atoms with van der Waals surface area (Å²) in [5.74, 6) is 2.31. The maximum Gasteiger partial charge on any atom is 0.184 e. The molecular weight excluding hydrogens is 787 g/mol. The first-order valence-electron chi connectivity index (χ1n) is 21.3. The summed E-state index contributed by atoms with van der Waals surface area (Å²) in [6, 6.07) is 74.4. The van der Waals surface area contributed by atoms with Crippen LogP contribution in [0.25, 0.3) is 54.8 Å².